The van der Waals surface area contributed by atoms with Gasteiger partial charge in [-0.1, -0.05) is 6.07 Å². The van der Waals surface area contributed by atoms with Crippen LogP contribution in [0.15, 0.2) is 18.5 Å². The van der Waals surface area contributed by atoms with E-state index in [4.69, 9.17) is 14.0 Å². The van der Waals surface area contributed by atoms with Gasteiger partial charge in [-0.25, -0.2) is 0 Å². The van der Waals surface area contributed by atoms with Crippen LogP contribution in [-0.4, -0.2) is 43.6 Å². The maximum Gasteiger partial charge on any atom is 0.496 e. The third kappa shape index (κ3) is 4.07. The smallest absolute Gasteiger partial charge is 0.399 e. The van der Waals surface area contributed by atoms with Crippen molar-refractivity contribution in [2.24, 2.45) is 0 Å². The minimum atomic E-state index is -0.356. The number of rotatable bonds is 7. The van der Waals surface area contributed by atoms with Gasteiger partial charge in [0.05, 0.1) is 11.2 Å². The lowest BCUT2D eigenvalue weighted by atomic mass is 9.80. The fourth-order valence-electron chi connectivity index (χ4n) is 2.29. The molecule has 1 aliphatic rings. The van der Waals surface area contributed by atoms with Gasteiger partial charge in [-0.15, -0.1) is 0 Å². The molecule has 1 aromatic rings. The first kappa shape index (κ1) is 17.4. The van der Waals surface area contributed by atoms with E-state index in [1.165, 1.54) is 0 Å². The molecule has 0 aliphatic carbocycles. The van der Waals surface area contributed by atoms with Crippen molar-refractivity contribution < 1.29 is 14.0 Å². The van der Waals surface area contributed by atoms with E-state index in [-0.39, 0.29) is 18.3 Å². The normalized spacial score (nSPS) is 19.6. The maximum atomic E-state index is 6.06. The molecule has 0 spiro atoms. The molecule has 1 aliphatic heterocycles. The van der Waals surface area contributed by atoms with Gasteiger partial charge in [-0.3, -0.25) is 4.98 Å². The van der Waals surface area contributed by atoms with Gasteiger partial charge >= 0.3 is 7.12 Å². The van der Waals surface area contributed by atoms with Crippen LogP contribution in [0, 0.1) is 0 Å². The summed E-state index contributed by atoms with van der Waals surface area (Å²) in [5.41, 5.74) is 1.44. The lowest BCUT2D eigenvalue weighted by Crippen LogP contribution is -2.41. The van der Waals surface area contributed by atoms with Crippen LogP contribution >= 0.6 is 0 Å². The van der Waals surface area contributed by atoms with Gasteiger partial charge < -0.3 is 19.4 Å². The number of ether oxygens (including phenoxy) is 1. The van der Waals surface area contributed by atoms with Gasteiger partial charge in [0.15, 0.2) is 0 Å². The molecule has 5 nitrogen and oxygen atoms in total. The lowest BCUT2D eigenvalue weighted by Gasteiger charge is -2.32. The number of aromatic nitrogens is 1. The molecule has 6 heteroatoms. The van der Waals surface area contributed by atoms with Crippen LogP contribution in [0.5, 0.6) is 0 Å². The van der Waals surface area contributed by atoms with E-state index in [0.29, 0.717) is 0 Å². The molecular formula is C16H27BN2O3. The largest absolute Gasteiger partial charge is 0.496 e. The maximum absolute atomic E-state index is 6.06. The quantitative estimate of drug-likeness (QED) is 0.611. The summed E-state index contributed by atoms with van der Waals surface area (Å²) >= 11 is 0. The molecule has 2 rings (SSSR count). The summed E-state index contributed by atoms with van der Waals surface area (Å²) < 4.78 is 17.2. The second-order valence-electron chi connectivity index (χ2n) is 6.74. The van der Waals surface area contributed by atoms with E-state index in [1.807, 2.05) is 12.4 Å². The molecule has 0 unspecified atom stereocenters. The monoisotopic (exact) mass is 306 g/mol. The van der Waals surface area contributed by atoms with Crippen LogP contribution in [0.4, 0.5) is 0 Å². The van der Waals surface area contributed by atoms with E-state index >= 15 is 0 Å². The molecule has 0 radical (unpaired) electrons. The molecule has 0 bridgehead atoms. The summed E-state index contributed by atoms with van der Waals surface area (Å²) in [6.07, 6.45) is 4.69. The van der Waals surface area contributed by atoms with Crippen LogP contribution < -0.4 is 10.8 Å². The van der Waals surface area contributed by atoms with Gasteiger partial charge in [0.1, 0.15) is 0 Å². The molecule has 0 saturated carbocycles. The number of methoxy groups -OCH3 is 1. The third-order valence-electron chi connectivity index (χ3n) is 4.37. The van der Waals surface area contributed by atoms with Crippen molar-refractivity contribution in [2.75, 3.05) is 20.3 Å². The average Bonchev–Trinajstić information content (AvgIpc) is 2.68. The van der Waals surface area contributed by atoms with Crippen molar-refractivity contribution in [2.45, 2.75) is 51.9 Å². The first-order chi connectivity index (χ1) is 10.4. The van der Waals surface area contributed by atoms with E-state index in [1.54, 1.807) is 7.11 Å². The minimum absolute atomic E-state index is 0.327. The molecule has 1 fully saturated rings. The summed E-state index contributed by atoms with van der Waals surface area (Å²) in [5.74, 6) is 0. The molecule has 2 heterocycles. The topological polar surface area (TPSA) is 52.6 Å². The van der Waals surface area contributed by atoms with Crippen LogP contribution in [-0.2, 0) is 20.6 Å². The molecule has 122 valence electrons. The summed E-state index contributed by atoms with van der Waals surface area (Å²) in [7, 11) is 1.36. The number of nitrogens with one attached hydrogen (secondary N) is 1. The Morgan fingerprint density at radius 3 is 2.50 bits per heavy atom. The lowest BCUT2D eigenvalue weighted by molar-refractivity contribution is 0.00578. The zero-order valence-electron chi connectivity index (χ0n) is 14.3. The van der Waals surface area contributed by atoms with E-state index in [9.17, 15) is 0 Å². The van der Waals surface area contributed by atoms with Crippen LogP contribution in [0.25, 0.3) is 0 Å². The zero-order chi connectivity index (χ0) is 16.2. The van der Waals surface area contributed by atoms with Gasteiger partial charge in [0, 0.05) is 38.1 Å². The summed E-state index contributed by atoms with van der Waals surface area (Å²) in [6, 6.07) is 2.10. The second kappa shape index (κ2) is 7.09. The van der Waals surface area contributed by atoms with Crippen molar-refractivity contribution in [1.82, 2.24) is 10.3 Å². The fraction of sp³-hybridized carbons (Fsp3) is 0.688. The molecule has 0 aromatic carbocycles. The van der Waals surface area contributed by atoms with Crippen LogP contribution in [0.2, 0.25) is 0 Å². The van der Waals surface area contributed by atoms with Crippen molar-refractivity contribution in [3.05, 3.63) is 24.0 Å². The summed E-state index contributed by atoms with van der Waals surface area (Å²) in [6.45, 7) is 10.7. The van der Waals surface area contributed by atoms with E-state index in [2.05, 4.69) is 44.1 Å². The third-order valence-corrected chi connectivity index (χ3v) is 4.37. The highest BCUT2D eigenvalue weighted by Crippen LogP contribution is 2.36. The van der Waals surface area contributed by atoms with Gasteiger partial charge in [-0.05, 0) is 46.2 Å². The van der Waals surface area contributed by atoms with Crippen molar-refractivity contribution in [3.63, 3.8) is 0 Å². The van der Waals surface area contributed by atoms with Crippen LogP contribution in [0.1, 0.15) is 39.7 Å². The number of hydrogen-bond acceptors (Lipinski definition) is 5. The Hall–Kier alpha value is -0.945. The second-order valence-corrected chi connectivity index (χ2v) is 6.74. The molecular weight excluding hydrogens is 279 g/mol. The van der Waals surface area contributed by atoms with Gasteiger partial charge in [-0.2, -0.15) is 0 Å². The first-order valence-electron chi connectivity index (χ1n) is 7.85. The zero-order valence-corrected chi connectivity index (χ0v) is 14.3. The summed E-state index contributed by atoms with van der Waals surface area (Å²) in [5, 5.41) is 3.39. The molecule has 22 heavy (non-hydrogen) atoms. The SMILES string of the molecule is COCCCNCc1cncc(B2OC(C)(C)C(C)(C)O2)c1. The first-order valence-corrected chi connectivity index (χ1v) is 7.85. The van der Waals surface area contributed by atoms with E-state index < -0.39 is 0 Å². The Balaban J connectivity index is 1.95. The number of hydrogen-bond donors (Lipinski definition) is 1. The van der Waals surface area contributed by atoms with Crippen LogP contribution in [0.3, 0.4) is 0 Å². The highest BCUT2D eigenvalue weighted by Gasteiger charge is 2.51. The van der Waals surface area contributed by atoms with Crippen molar-refractivity contribution >= 4 is 12.6 Å². The molecule has 0 atom stereocenters. The van der Waals surface area contributed by atoms with Crippen molar-refractivity contribution in [1.29, 1.82) is 0 Å². The predicted molar refractivity (Wildman–Crippen MR) is 88.2 cm³/mol. The van der Waals surface area contributed by atoms with Gasteiger partial charge in [0.2, 0.25) is 0 Å². The molecule has 1 aromatic heterocycles. The minimum Gasteiger partial charge on any atom is -0.399 e. The Morgan fingerprint density at radius 1 is 1.18 bits per heavy atom. The Morgan fingerprint density at radius 2 is 1.86 bits per heavy atom. The number of pyridine rings is 1. The van der Waals surface area contributed by atoms with E-state index in [0.717, 1.165) is 37.1 Å². The molecule has 1 N–H and O–H groups in total. The standard InChI is InChI=1S/C16H27BN2O3/c1-15(2)16(3,4)22-17(21-15)14-9-13(11-19-12-14)10-18-7-6-8-20-5/h9,11-12,18H,6-8,10H2,1-5H3. The Labute approximate surface area is 133 Å². The highest BCUT2D eigenvalue weighted by molar-refractivity contribution is 6.62. The molecule has 1 saturated heterocycles. The average molecular weight is 306 g/mol. The predicted octanol–water partition coefficient (Wildman–Crippen LogP) is 1.51. The molecule has 0 amide bonds. The fourth-order valence-corrected chi connectivity index (χ4v) is 2.29. The van der Waals surface area contributed by atoms with Gasteiger partial charge in [0.25, 0.3) is 0 Å². The Kier molecular flexibility index (Phi) is 5.61. The summed E-state index contributed by atoms with van der Waals surface area (Å²) in [4.78, 5) is 4.32. The number of nitrogens with zero attached hydrogens (tertiary/aromatic N) is 1. The highest BCUT2D eigenvalue weighted by atomic mass is 16.7. The Bertz CT molecular complexity index is 478. The van der Waals surface area contributed by atoms with Crippen molar-refractivity contribution in [3.8, 4) is 0 Å².